The number of carbonyl (C=O) groups is 4. The summed E-state index contributed by atoms with van der Waals surface area (Å²) in [7, 11) is 0. The smallest absolute Gasteiger partial charge is 0.255 e. The molecule has 0 saturated heterocycles. The SMILES string of the molecule is CC(N1C(=O)C=CC1=O)N1C(=O)C=CC1=O. The normalized spacial score (nSPS) is 19.9. The van der Waals surface area contributed by atoms with Crippen molar-refractivity contribution in [2.45, 2.75) is 13.1 Å². The Hall–Kier alpha value is -2.24. The maximum Gasteiger partial charge on any atom is 0.255 e. The van der Waals surface area contributed by atoms with Crippen LogP contribution in [0.4, 0.5) is 0 Å². The molecular formula is C10H8N2O4. The minimum atomic E-state index is -0.898. The van der Waals surface area contributed by atoms with E-state index in [1.807, 2.05) is 0 Å². The van der Waals surface area contributed by atoms with Crippen molar-refractivity contribution in [3.05, 3.63) is 24.3 Å². The van der Waals surface area contributed by atoms with E-state index in [-0.39, 0.29) is 0 Å². The first-order chi connectivity index (χ1) is 7.52. The second kappa shape index (κ2) is 3.41. The van der Waals surface area contributed by atoms with Gasteiger partial charge in [0.1, 0.15) is 6.17 Å². The fourth-order valence-electron chi connectivity index (χ4n) is 1.68. The molecule has 0 aromatic rings. The molecule has 16 heavy (non-hydrogen) atoms. The Balaban J connectivity index is 2.23. The molecular weight excluding hydrogens is 212 g/mol. The van der Waals surface area contributed by atoms with Crippen molar-refractivity contribution in [3.8, 4) is 0 Å². The molecule has 0 aliphatic carbocycles. The largest absolute Gasteiger partial charge is 0.269 e. The molecule has 2 aliphatic rings. The van der Waals surface area contributed by atoms with E-state index >= 15 is 0 Å². The average Bonchev–Trinajstić information content (AvgIpc) is 2.71. The van der Waals surface area contributed by atoms with Crippen LogP contribution < -0.4 is 0 Å². The molecule has 2 rings (SSSR count). The standard InChI is InChI=1S/C10H8N2O4/c1-6(11-7(13)2-3-8(11)14)12-9(15)4-5-10(12)16/h2-6H,1H3. The van der Waals surface area contributed by atoms with Crippen molar-refractivity contribution >= 4 is 23.6 Å². The summed E-state index contributed by atoms with van der Waals surface area (Å²) in [6, 6.07) is 0. The molecule has 6 nitrogen and oxygen atoms in total. The highest BCUT2D eigenvalue weighted by Crippen LogP contribution is 2.16. The summed E-state index contributed by atoms with van der Waals surface area (Å²) in [5, 5.41) is 0. The van der Waals surface area contributed by atoms with Gasteiger partial charge in [-0.1, -0.05) is 0 Å². The van der Waals surface area contributed by atoms with Crippen molar-refractivity contribution in [3.63, 3.8) is 0 Å². The molecule has 0 unspecified atom stereocenters. The molecule has 0 saturated carbocycles. The van der Waals surface area contributed by atoms with E-state index in [0.29, 0.717) is 0 Å². The lowest BCUT2D eigenvalue weighted by Crippen LogP contribution is -2.51. The summed E-state index contributed by atoms with van der Waals surface area (Å²) in [4.78, 5) is 47.1. The number of amides is 4. The van der Waals surface area contributed by atoms with Crippen LogP contribution in [0.25, 0.3) is 0 Å². The summed E-state index contributed by atoms with van der Waals surface area (Å²) < 4.78 is 0. The molecule has 0 atom stereocenters. The third kappa shape index (κ3) is 1.35. The lowest BCUT2D eigenvalue weighted by molar-refractivity contribution is -0.151. The van der Waals surface area contributed by atoms with Crippen LogP contribution in [0.2, 0.25) is 0 Å². The molecule has 0 radical (unpaired) electrons. The fraction of sp³-hybridized carbons (Fsp3) is 0.200. The second-order valence-corrected chi connectivity index (χ2v) is 3.39. The monoisotopic (exact) mass is 220 g/mol. The summed E-state index contributed by atoms with van der Waals surface area (Å²) in [6.45, 7) is 1.45. The van der Waals surface area contributed by atoms with Crippen molar-refractivity contribution in [1.29, 1.82) is 0 Å². The van der Waals surface area contributed by atoms with Crippen molar-refractivity contribution in [2.75, 3.05) is 0 Å². The predicted molar refractivity (Wildman–Crippen MR) is 51.4 cm³/mol. The van der Waals surface area contributed by atoms with Crippen LogP contribution in [0.1, 0.15) is 6.92 Å². The Morgan fingerprint density at radius 3 is 1.25 bits per heavy atom. The Kier molecular flexibility index (Phi) is 2.19. The van der Waals surface area contributed by atoms with Gasteiger partial charge in [-0.05, 0) is 6.92 Å². The highest BCUT2D eigenvalue weighted by Gasteiger charge is 2.37. The number of hydrogen-bond acceptors (Lipinski definition) is 4. The zero-order valence-corrected chi connectivity index (χ0v) is 8.41. The van der Waals surface area contributed by atoms with Gasteiger partial charge in [0.15, 0.2) is 0 Å². The van der Waals surface area contributed by atoms with Crippen LogP contribution >= 0.6 is 0 Å². The first-order valence-electron chi connectivity index (χ1n) is 4.63. The second-order valence-electron chi connectivity index (χ2n) is 3.39. The minimum Gasteiger partial charge on any atom is -0.269 e. The topological polar surface area (TPSA) is 74.8 Å². The molecule has 0 aromatic carbocycles. The van der Waals surface area contributed by atoms with Gasteiger partial charge < -0.3 is 0 Å². The van der Waals surface area contributed by atoms with Gasteiger partial charge >= 0.3 is 0 Å². The van der Waals surface area contributed by atoms with Crippen LogP contribution in [0, 0.1) is 0 Å². The summed E-state index contributed by atoms with van der Waals surface area (Å²) in [5.74, 6) is -2.09. The Bertz CT molecular complexity index is 385. The Morgan fingerprint density at radius 1 is 0.750 bits per heavy atom. The molecule has 0 spiro atoms. The molecule has 0 N–H and O–H groups in total. The zero-order valence-electron chi connectivity index (χ0n) is 8.41. The van der Waals surface area contributed by atoms with Gasteiger partial charge in [0.05, 0.1) is 0 Å². The lowest BCUT2D eigenvalue weighted by Gasteiger charge is -2.29. The van der Waals surface area contributed by atoms with E-state index in [2.05, 4.69) is 0 Å². The molecule has 2 heterocycles. The van der Waals surface area contributed by atoms with E-state index in [0.717, 1.165) is 34.1 Å². The van der Waals surface area contributed by atoms with Gasteiger partial charge in [-0.25, -0.2) is 0 Å². The highest BCUT2D eigenvalue weighted by atomic mass is 16.2. The van der Waals surface area contributed by atoms with Crippen LogP contribution in [0.15, 0.2) is 24.3 Å². The van der Waals surface area contributed by atoms with Gasteiger partial charge in [0, 0.05) is 24.3 Å². The van der Waals surface area contributed by atoms with Crippen molar-refractivity contribution in [2.24, 2.45) is 0 Å². The van der Waals surface area contributed by atoms with Gasteiger partial charge in [-0.3, -0.25) is 29.0 Å². The van der Waals surface area contributed by atoms with E-state index in [9.17, 15) is 19.2 Å². The fourth-order valence-corrected chi connectivity index (χ4v) is 1.68. The maximum atomic E-state index is 11.3. The first-order valence-corrected chi connectivity index (χ1v) is 4.63. The van der Waals surface area contributed by atoms with Gasteiger partial charge in [-0.2, -0.15) is 0 Å². The number of hydrogen-bond donors (Lipinski definition) is 0. The molecule has 82 valence electrons. The number of carbonyl (C=O) groups excluding carboxylic acids is 4. The summed E-state index contributed by atoms with van der Waals surface area (Å²) >= 11 is 0. The van der Waals surface area contributed by atoms with Crippen LogP contribution in [0.5, 0.6) is 0 Å². The quantitative estimate of drug-likeness (QED) is 0.570. The minimum absolute atomic E-state index is 0.523. The average molecular weight is 220 g/mol. The van der Waals surface area contributed by atoms with Crippen LogP contribution in [-0.2, 0) is 19.2 Å². The molecule has 2 aliphatic heterocycles. The lowest BCUT2D eigenvalue weighted by atomic mass is 10.4. The summed E-state index contributed by atoms with van der Waals surface area (Å²) in [5.41, 5.74) is 0. The number of imide groups is 2. The summed E-state index contributed by atoms with van der Waals surface area (Å²) in [6.07, 6.45) is 3.54. The molecule has 0 aromatic heterocycles. The Morgan fingerprint density at radius 2 is 1.00 bits per heavy atom. The third-order valence-electron chi connectivity index (χ3n) is 2.43. The third-order valence-corrected chi connectivity index (χ3v) is 2.43. The van der Waals surface area contributed by atoms with E-state index < -0.39 is 29.8 Å². The molecule has 0 fully saturated rings. The van der Waals surface area contributed by atoms with E-state index in [4.69, 9.17) is 0 Å². The molecule has 6 heteroatoms. The molecule has 4 amide bonds. The number of rotatable bonds is 2. The van der Waals surface area contributed by atoms with Crippen LogP contribution in [0.3, 0.4) is 0 Å². The van der Waals surface area contributed by atoms with E-state index in [1.54, 1.807) is 0 Å². The van der Waals surface area contributed by atoms with Crippen molar-refractivity contribution in [1.82, 2.24) is 9.80 Å². The predicted octanol–water partition coefficient (Wildman–Crippen LogP) is -0.818. The highest BCUT2D eigenvalue weighted by molar-refractivity contribution is 6.16. The first kappa shape index (κ1) is 10.3. The maximum absolute atomic E-state index is 11.3. The van der Waals surface area contributed by atoms with Gasteiger partial charge in [0.2, 0.25) is 0 Å². The molecule has 0 bridgehead atoms. The van der Waals surface area contributed by atoms with Gasteiger partial charge in [-0.15, -0.1) is 0 Å². The number of nitrogens with zero attached hydrogens (tertiary/aromatic N) is 2. The van der Waals surface area contributed by atoms with Crippen molar-refractivity contribution < 1.29 is 19.2 Å². The van der Waals surface area contributed by atoms with E-state index in [1.165, 1.54) is 6.92 Å². The zero-order chi connectivity index (χ0) is 11.9. The Labute approximate surface area is 90.8 Å². The van der Waals surface area contributed by atoms with Gasteiger partial charge in [0.25, 0.3) is 23.6 Å². The van der Waals surface area contributed by atoms with Crippen LogP contribution in [-0.4, -0.2) is 39.6 Å².